The minimum atomic E-state index is -0.160. The Bertz CT molecular complexity index is 463. The Labute approximate surface area is 101 Å². The average Bonchev–Trinajstić information content (AvgIpc) is 2.32. The summed E-state index contributed by atoms with van der Waals surface area (Å²) < 4.78 is 4.65. The fraction of sp³-hybridized carbons (Fsp3) is 0. The first kappa shape index (κ1) is 10.3. The molecule has 0 fully saturated rings. The second kappa shape index (κ2) is 5.57. The molecule has 0 saturated carbocycles. The molecule has 0 bridgehead atoms. The molecule has 0 amide bonds. The Morgan fingerprint density at radius 2 is 1.33 bits per heavy atom. The molecule has 2 aromatic rings. The van der Waals surface area contributed by atoms with E-state index in [9.17, 15) is 0 Å². The summed E-state index contributed by atoms with van der Waals surface area (Å²) >= 11 is -0.160. The summed E-state index contributed by atoms with van der Waals surface area (Å²) in [6.07, 6.45) is 0. The molecule has 0 aliphatic carbocycles. The first-order chi connectivity index (χ1) is 7.45. The van der Waals surface area contributed by atoms with Crippen LogP contribution in [0.15, 0.2) is 60.7 Å². The maximum Gasteiger partial charge on any atom is 0.420 e. The van der Waals surface area contributed by atoms with Crippen LogP contribution in [0, 0.1) is 13.4 Å². The molecule has 2 rings (SSSR count). The van der Waals surface area contributed by atoms with E-state index >= 15 is 0 Å². The lowest BCUT2D eigenvalue weighted by Crippen LogP contribution is -3.59. The lowest BCUT2D eigenvalue weighted by molar-refractivity contribution is -0.535. The van der Waals surface area contributed by atoms with Crippen LogP contribution in [0.1, 0.15) is 5.56 Å². The van der Waals surface area contributed by atoms with E-state index in [0.717, 1.165) is 5.56 Å². The van der Waals surface area contributed by atoms with Gasteiger partial charge in [-0.25, -0.2) is 0 Å². The quantitative estimate of drug-likeness (QED) is 0.512. The molecule has 0 nitrogen and oxygen atoms in total. The Morgan fingerprint density at radius 3 is 2.00 bits per heavy atom. The van der Waals surface area contributed by atoms with Crippen LogP contribution in [0.4, 0.5) is 0 Å². The van der Waals surface area contributed by atoms with E-state index in [2.05, 4.69) is 34.1 Å². The molecule has 1 heteroatoms. The first-order valence-corrected chi connectivity index (χ1v) is 6.86. The first-order valence-electron chi connectivity index (χ1n) is 4.70. The van der Waals surface area contributed by atoms with Crippen LogP contribution in [0.3, 0.4) is 0 Å². The SMILES string of the molecule is C(#Cc1ccccc1)[I+]c1ccccc1. The highest BCUT2D eigenvalue weighted by Gasteiger charge is 2.05. The molecule has 0 aliphatic rings. The van der Waals surface area contributed by atoms with Gasteiger partial charge in [-0.15, -0.1) is 0 Å². The van der Waals surface area contributed by atoms with Crippen LogP contribution in [0.2, 0.25) is 0 Å². The number of halogens is 1. The zero-order valence-electron chi connectivity index (χ0n) is 8.15. The molecular formula is C14H10I+. The third-order valence-corrected chi connectivity index (χ3v) is 3.74. The van der Waals surface area contributed by atoms with Crippen LogP contribution in [-0.2, 0) is 0 Å². The zero-order valence-corrected chi connectivity index (χ0v) is 10.3. The van der Waals surface area contributed by atoms with Gasteiger partial charge in [0.15, 0.2) is 3.93 Å². The molecule has 0 spiro atoms. The average molecular weight is 305 g/mol. The molecule has 0 radical (unpaired) electrons. The van der Waals surface area contributed by atoms with Crippen LogP contribution in [0.5, 0.6) is 0 Å². The van der Waals surface area contributed by atoms with Crippen molar-refractivity contribution in [2.45, 2.75) is 0 Å². The molecule has 0 N–H and O–H groups in total. The summed E-state index contributed by atoms with van der Waals surface area (Å²) in [4.78, 5) is 0. The van der Waals surface area contributed by atoms with E-state index < -0.39 is 0 Å². The Hall–Kier alpha value is -1.27. The molecular weight excluding hydrogens is 295 g/mol. The normalized spacial score (nSPS) is 9.07. The van der Waals surface area contributed by atoms with Crippen molar-refractivity contribution in [3.05, 3.63) is 69.8 Å². The van der Waals surface area contributed by atoms with Crippen LogP contribution in [-0.4, -0.2) is 0 Å². The van der Waals surface area contributed by atoms with E-state index in [1.54, 1.807) is 0 Å². The second-order valence-corrected chi connectivity index (χ2v) is 5.30. The molecule has 0 heterocycles. The maximum absolute atomic E-state index is 3.28. The summed E-state index contributed by atoms with van der Waals surface area (Å²) in [5.41, 5.74) is 1.10. The lowest BCUT2D eigenvalue weighted by Gasteiger charge is -1.82. The van der Waals surface area contributed by atoms with Crippen molar-refractivity contribution >= 4 is 0 Å². The molecule has 0 saturated heterocycles. The van der Waals surface area contributed by atoms with Crippen molar-refractivity contribution < 1.29 is 21.2 Å². The van der Waals surface area contributed by atoms with Crippen molar-refractivity contribution in [2.24, 2.45) is 0 Å². The Morgan fingerprint density at radius 1 is 0.733 bits per heavy atom. The number of hydrogen-bond donors (Lipinski definition) is 0. The van der Waals surface area contributed by atoms with Gasteiger partial charge in [0, 0.05) is 5.56 Å². The fourth-order valence-electron chi connectivity index (χ4n) is 1.13. The van der Waals surface area contributed by atoms with Gasteiger partial charge in [-0.2, -0.15) is 0 Å². The van der Waals surface area contributed by atoms with Crippen molar-refractivity contribution in [1.29, 1.82) is 0 Å². The van der Waals surface area contributed by atoms with Gasteiger partial charge in [0.25, 0.3) is 0 Å². The van der Waals surface area contributed by atoms with Crippen molar-refractivity contribution in [2.75, 3.05) is 0 Å². The Balaban J connectivity index is 2.03. The van der Waals surface area contributed by atoms with Crippen LogP contribution in [0.25, 0.3) is 0 Å². The van der Waals surface area contributed by atoms with E-state index in [1.807, 2.05) is 36.4 Å². The van der Waals surface area contributed by atoms with Gasteiger partial charge in [-0.3, -0.25) is 0 Å². The van der Waals surface area contributed by atoms with Gasteiger partial charge in [0.2, 0.25) is 3.57 Å². The molecule has 15 heavy (non-hydrogen) atoms. The highest BCUT2D eigenvalue weighted by Crippen LogP contribution is 1.93. The summed E-state index contributed by atoms with van der Waals surface area (Å²) in [5, 5.41) is 0. The Kier molecular flexibility index (Phi) is 3.81. The highest BCUT2D eigenvalue weighted by molar-refractivity contribution is 5.31. The van der Waals surface area contributed by atoms with E-state index in [0.29, 0.717) is 0 Å². The monoisotopic (exact) mass is 305 g/mol. The lowest BCUT2D eigenvalue weighted by atomic mass is 10.2. The summed E-state index contributed by atoms with van der Waals surface area (Å²) in [5.74, 6) is 3.19. The second-order valence-electron chi connectivity index (χ2n) is 2.98. The predicted molar refractivity (Wildman–Crippen MR) is 58.5 cm³/mol. The van der Waals surface area contributed by atoms with Gasteiger partial charge in [-0.1, -0.05) is 36.4 Å². The molecule has 0 unspecified atom stereocenters. The third-order valence-electron chi connectivity index (χ3n) is 1.85. The third kappa shape index (κ3) is 3.41. The maximum atomic E-state index is 3.28. The summed E-state index contributed by atoms with van der Waals surface area (Å²) in [6.45, 7) is 0. The highest BCUT2D eigenvalue weighted by atomic mass is 127. The topological polar surface area (TPSA) is 0 Å². The van der Waals surface area contributed by atoms with E-state index in [-0.39, 0.29) is 21.2 Å². The summed E-state index contributed by atoms with van der Waals surface area (Å²) in [7, 11) is 0. The van der Waals surface area contributed by atoms with E-state index in [4.69, 9.17) is 0 Å². The summed E-state index contributed by atoms with van der Waals surface area (Å²) in [6, 6.07) is 20.6. The molecule has 0 atom stereocenters. The van der Waals surface area contributed by atoms with Gasteiger partial charge >= 0.3 is 21.2 Å². The number of benzene rings is 2. The minimum Gasteiger partial charge on any atom is -0.0622 e. The molecule has 0 aromatic heterocycles. The van der Waals surface area contributed by atoms with Gasteiger partial charge in [0.05, 0.1) is 0 Å². The largest absolute Gasteiger partial charge is 0.420 e. The molecule has 0 aliphatic heterocycles. The zero-order chi connectivity index (χ0) is 10.3. The smallest absolute Gasteiger partial charge is 0.0622 e. The molecule has 2 aromatic carbocycles. The van der Waals surface area contributed by atoms with Gasteiger partial charge in [0.1, 0.15) is 0 Å². The fourth-order valence-corrected chi connectivity index (χ4v) is 2.66. The van der Waals surface area contributed by atoms with Gasteiger partial charge in [-0.05, 0) is 30.2 Å². The van der Waals surface area contributed by atoms with E-state index in [1.165, 1.54) is 3.57 Å². The van der Waals surface area contributed by atoms with Crippen molar-refractivity contribution in [3.8, 4) is 9.85 Å². The van der Waals surface area contributed by atoms with Crippen LogP contribution >= 0.6 is 0 Å². The van der Waals surface area contributed by atoms with Gasteiger partial charge < -0.3 is 0 Å². The number of hydrogen-bond acceptors (Lipinski definition) is 0. The molecule has 72 valence electrons. The van der Waals surface area contributed by atoms with Crippen molar-refractivity contribution in [3.63, 3.8) is 0 Å². The predicted octanol–water partition coefficient (Wildman–Crippen LogP) is -0.0456. The van der Waals surface area contributed by atoms with Crippen LogP contribution < -0.4 is 21.2 Å². The standard InChI is InChI=1S/C14H10I/c1-3-7-13(8-4-1)11-12-15-14-9-5-2-6-10-14/h1-10H/q+1. The number of rotatable bonds is 1. The van der Waals surface area contributed by atoms with Crippen molar-refractivity contribution in [1.82, 2.24) is 0 Å². The minimum absolute atomic E-state index is 0.160.